The fourth-order valence-electron chi connectivity index (χ4n) is 1.35. The van der Waals surface area contributed by atoms with E-state index in [4.69, 9.17) is 10.5 Å². The number of nitrogen functional groups attached to an aromatic ring is 1. The Bertz CT molecular complexity index is 512. The van der Waals surface area contributed by atoms with E-state index in [0.717, 1.165) is 17.3 Å². The summed E-state index contributed by atoms with van der Waals surface area (Å²) < 4.78 is 1.85. The molecule has 0 aliphatic rings. The van der Waals surface area contributed by atoms with Crippen molar-refractivity contribution >= 4 is 23.1 Å². The number of hydrogen-bond donors (Lipinski definition) is 1. The maximum absolute atomic E-state index is 8.81. The summed E-state index contributed by atoms with van der Waals surface area (Å²) in [6, 6.07) is 0. The number of rotatable bonds is 0. The van der Waals surface area contributed by atoms with Crippen molar-refractivity contribution in [3.63, 3.8) is 0 Å². The van der Waals surface area contributed by atoms with Gasteiger partial charge in [0, 0.05) is 0 Å². The molecule has 0 aliphatic carbocycles. The van der Waals surface area contributed by atoms with Crippen molar-refractivity contribution in [3.05, 3.63) is 12.5 Å². The van der Waals surface area contributed by atoms with E-state index in [1.807, 2.05) is 4.68 Å². The SMILES string of the molecule is CC(C)(C)n1ncc2c(N)ncnc21.CC=O. The molecule has 2 aromatic heterocycles. The van der Waals surface area contributed by atoms with Crippen LogP contribution in [0.1, 0.15) is 27.7 Å². The normalized spacial score (nSPS) is 10.8. The first-order chi connectivity index (χ1) is 7.91. The molecular formula is C11H17N5O. The van der Waals surface area contributed by atoms with Crippen molar-refractivity contribution < 1.29 is 4.79 Å². The first-order valence-electron chi connectivity index (χ1n) is 5.26. The fraction of sp³-hybridized carbons (Fsp3) is 0.455. The molecule has 0 atom stereocenters. The van der Waals surface area contributed by atoms with E-state index in [2.05, 4.69) is 35.8 Å². The van der Waals surface area contributed by atoms with Gasteiger partial charge >= 0.3 is 0 Å². The molecule has 0 saturated carbocycles. The monoisotopic (exact) mass is 235 g/mol. The first-order valence-corrected chi connectivity index (χ1v) is 5.26. The van der Waals surface area contributed by atoms with Gasteiger partial charge in [-0.2, -0.15) is 5.10 Å². The molecule has 0 aliphatic heterocycles. The van der Waals surface area contributed by atoms with Gasteiger partial charge in [-0.3, -0.25) is 0 Å². The largest absolute Gasteiger partial charge is 0.383 e. The second-order valence-electron chi connectivity index (χ2n) is 4.46. The highest BCUT2D eigenvalue weighted by Gasteiger charge is 2.18. The minimum absolute atomic E-state index is 0.0947. The van der Waals surface area contributed by atoms with Gasteiger partial charge in [0.25, 0.3) is 0 Å². The third-order valence-corrected chi connectivity index (χ3v) is 2.03. The van der Waals surface area contributed by atoms with Crippen LogP contribution < -0.4 is 5.73 Å². The predicted octanol–water partition coefficient (Wildman–Crippen LogP) is 1.37. The lowest BCUT2D eigenvalue weighted by Gasteiger charge is -2.19. The molecule has 2 N–H and O–H groups in total. The molecule has 92 valence electrons. The minimum atomic E-state index is -0.0947. The molecule has 0 amide bonds. The highest BCUT2D eigenvalue weighted by molar-refractivity contribution is 5.84. The van der Waals surface area contributed by atoms with Gasteiger partial charge in [0.15, 0.2) is 5.65 Å². The molecule has 2 rings (SSSR count). The van der Waals surface area contributed by atoms with Crippen molar-refractivity contribution in [3.8, 4) is 0 Å². The third kappa shape index (κ3) is 2.77. The molecule has 2 heterocycles. The number of hydrogen-bond acceptors (Lipinski definition) is 5. The summed E-state index contributed by atoms with van der Waals surface area (Å²) in [6.45, 7) is 7.65. The molecule has 0 radical (unpaired) electrons. The van der Waals surface area contributed by atoms with Crippen LogP contribution >= 0.6 is 0 Å². The summed E-state index contributed by atoms with van der Waals surface area (Å²) in [4.78, 5) is 16.9. The van der Waals surface area contributed by atoms with Crippen LogP contribution in [0.3, 0.4) is 0 Å². The molecule has 0 aromatic carbocycles. The molecular weight excluding hydrogens is 218 g/mol. The molecule has 0 saturated heterocycles. The summed E-state index contributed by atoms with van der Waals surface area (Å²) in [5, 5.41) is 5.07. The Kier molecular flexibility index (Phi) is 3.77. The zero-order valence-corrected chi connectivity index (χ0v) is 10.5. The van der Waals surface area contributed by atoms with Crippen LogP contribution in [0.4, 0.5) is 5.82 Å². The Labute approximate surface area is 99.9 Å². The molecule has 6 nitrogen and oxygen atoms in total. The van der Waals surface area contributed by atoms with Crippen molar-refractivity contribution in [1.82, 2.24) is 19.7 Å². The van der Waals surface area contributed by atoms with Crippen LogP contribution in [0.25, 0.3) is 11.0 Å². The van der Waals surface area contributed by atoms with Gasteiger partial charge in [0.2, 0.25) is 0 Å². The minimum Gasteiger partial charge on any atom is -0.383 e. The Morgan fingerprint density at radius 2 is 1.94 bits per heavy atom. The van der Waals surface area contributed by atoms with Gasteiger partial charge in [-0.1, -0.05) is 0 Å². The maximum atomic E-state index is 8.81. The molecule has 0 fully saturated rings. The zero-order valence-electron chi connectivity index (χ0n) is 10.5. The molecule has 2 aromatic rings. The summed E-state index contributed by atoms with van der Waals surface area (Å²) in [5.74, 6) is 0.477. The van der Waals surface area contributed by atoms with Crippen LogP contribution in [0.15, 0.2) is 12.5 Å². The number of anilines is 1. The standard InChI is InChI=1S/C9H13N5.C2H4O/c1-9(2,3)14-8-6(4-13-14)7(10)11-5-12-8;1-2-3/h4-5H,1-3H3,(H2,10,11,12);2H,1H3. The van der Waals surface area contributed by atoms with E-state index in [9.17, 15) is 0 Å². The highest BCUT2D eigenvalue weighted by Crippen LogP contribution is 2.21. The van der Waals surface area contributed by atoms with E-state index in [1.165, 1.54) is 13.3 Å². The van der Waals surface area contributed by atoms with Crippen LogP contribution in [-0.4, -0.2) is 26.0 Å². The smallest absolute Gasteiger partial charge is 0.163 e. The summed E-state index contributed by atoms with van der Waals surface area (Å²) in [6.07, 6.45) is 3.91. The van der Waals surface area contributed by atoms with Crippen LogP contribution in [0, 0.1) is 0 Å². The van der Waals surface area contributed by atoms with E-state index in [-0.39, 0.29) is 5.54 Å². The molecule has 17 heavy (non-hydrogen) atoms. The first kappa shape index (κ1) is 13.1. The summed E-state index contributed by atoms with van der Waals surface area (Å²) in [5.41, 5.74) is 6.40. The van der Waals surface area contributed by atoms with Gasteiger partial charge in [-0.25, -0.2) is 14.6 Å². The number of carbonyl (C=O) groups is 1. The van der Waals surface area contributed by atoms with Crippen molar-refractivity contribution in [1.29, 1.82) is 0 Å². The predicted molar refractivity (Wildman–Crippen MR) is 66.5 cm³/mol. The highest BCUT2D eigenvalue weighted by atomic mass is 16.1. The lowest BCUT2D eigenvalue weighted by atomic mass is 10.1. The topological polar surface area (TPSA) is 86.7 Å². The van der Waals surface area contributed by atoms with Gasteiger partial charge in [-0.15, -0.1) is 0 Å². The Morgan fingerprint density at radius 3 is 2.47 bits per heavy atom. The molecule has 0 unspecified atom stereocenters. The maximum Gasteiger partial charge on any atom is 0.163 e. The van der Waals surface area contributed by atoms with Crippen molar-refractivity contribution in [2.75, 3.05) is 5.73 Å². The number of fused-ring (bicyclic) bond motifs is 1. The average Bonchev–Trinajstić information content (AvgIpc) is 2.63. The lowest BCUT2D eigenvalue weighted by molar-refractivity contribution is -0.106. The fourth-order valence-corrected chi connectivity index (χ4v) is 1.35. The third-order valence-electron chi connectivity index (χ3n) is 2.03. The van der Waals surface area contributed by atoms with Gasteiger partial charge in [-0.05, 0) is 27.7 Å². The van der Waals surface area contributed by atoms with Gasteiger partial charge < -0.3 is 10.5 Å². The van der Waals surface area contributed by atoms with E-state index < -0.39 is 0 Å². The quantitative estimate of drug-likeness (QED) is 0.697. The molecule has 0 spiro atoms. The van der Waals surface area contributed by atoms with Crippen LogP contribution in [0.2, 0.25) is 0 Å². The Morgan fingerprint density at radius 1 is 1.35 bits per heavy atom. The van der Waals surface area contributed by atoms with Crippen molar-refractivity contribution in [2.45, 2.75) is 33.2 Å². The van der Waals surface area contributed by atoms with Gasteiger partial charge in [0.1, 0.15) is 18.4 Å². The second-order valence-corrected chi connectivity index (χ2v) is 4.46. The van der Waals surface area contributed by atoms with E-state index in [1.54, 1.807) is 6.20 Å². The summed E-state index contributed by atoms with van der Waals surface area (Å²) >= 11 is 0. The second kappa shape index (κ2) is 4.90. The van der Waals surface area contributed by atoms with Gasteiger partial charge in [0.05, 0.1) is 17.1 Å². The molecule has 0 bridgehead atoms. The number of nitrogens with two attached hydrogens (primary N) is 1. The number of aromatic nitrogens is 4. The number of nitrogens with zero attached hydrogens (tertiary/aromatic N) is 4. The van der Waals surface area contributed by atoms with Crippen LogP contribution in [-0.2, 0) is 10.3 Å². The number of aldehydes is 1. The van der Waals surface area contributed by atoms with E-state index >= 15 is 0 Å². The zero-order chi connectivity index (χ0) is 13.1. The number of carbonyl (C=O) groups excluding carboxylic acids is 1. The Hall–Kier alpha value is -1.98. The average molecular weight is 235 g/mol. The van der Waals surface area contributed by atoms with Crippen molar-refractivity contribution in [2.24, 2.45) is 0 Å². The summed E-state index contributed by atoms with van der Waals surface area (Å²) in [7, 11) is 0. The van der Waals surface area contributed by atoms with Crippen LogP contribution in [0.5, 0.6) is 0 Å². The molecule has 6 heteroatoms. The van der Waals surface area contributed by atoms with E-state index in [0.29, 0.717) is 5.82 Å². The lowest BCUT2D eigenvalue weighted by Crippen LogP contribution is -2.23. The Balaban J connectivity index is 0.000000437.